The largest absolute Gasteiger partial charge is 0.395 e. The maximum Gasteiger partial charge on any atom is 0.220 e. The van der Waals surface area contributed by atoms with Gasteiger partial charge in [-0.2, -0.15) is 0 Å². The number of amides is 1. The summed E-state index contributed by atoms with van der Waals surface area (Å²) in [5.41, 5.74) is 0. The summed E-state index contributed by atoms with van der Waals surface area (Å²) in [4.78, 5) is 11.3. The van der Waals surface area contributed by atoms with Gasteiger partial charge >= 0.3 is 0 Å². The summed E-state index contributed by atoms with van der Waals surface area (Å²) in [5.74, 6) is 0.0542. The van der Waals surface area contributed by atoms with Gasteiger partial charge in [0.1, 0.15) is 0 Å². The van der Waals surface area contributed by atoms with Gasteiger partial charge in [0.05, 0.1) is 12.7 Å². The molecule has 0 saturated heterocycles. The number of aliphatic hydroxyl groups is 2. The molecular formula is C22H45NO3. The molecule has 0 spiro atoms. The van der Waals surface area contributed by atoms with Crippen molar-refractivity contribution < 1.29 is 15.0 Å². The van der Waals surface area contributed by atoms with E-state index in [1.54, 1.807) is 0 Å². The molecule has 0 aliphatic carbocycles. The molecule has 1 unspecified atom stereocenters. The molecule has 0 aliphatic rings. The standard InChI is InChI=1S/C22H45NO3/c1-2-3-4-5-10-13-16-21(25)17-14-11-8-6-7-9-12-15-18-22(26)23-19-20-24/h21,24-25H,2-20H2,1H3,(H,23,26). The van der Waals surface area contributed by atoms with Crippen LogP contribution in [0.3, 0.4) is 0 Å². The van der Waals surface area contributed by atoms with Gasteiger partial charge in [0.25, 0.3) is 0 Å². The SMILES string of the molecule is CCCCCCCCC(O)CCCCCCCCCCC(=O)NCCO. The van der Waals surface area contributed by atoms with Crippen molar-refractivity contribution in [1.82, 2.24) is 5.32 Å². The highest BCUT2D eigenvalue weighted by atomic mass is 16.3. The fraction of sp³-hybridized carbons (Fsp3) is 0.955. The van der Waals surface area contributed by atoms with Crippen molar-refractivity contribution in [3.8, 4) is 0 Å². The Morgan fingerprint density at radius 2 is 1.23 bits per heavy atom. The molecule has 1 atom stereocenters. The quantitative estimate of drug-likeness (QED) is 0.261. The molecule has 0 aliphatic heterocycles. The monoisotopic (exact) mass is 371 g/mol. The first kappa shape index (κ1) is 25.4. The zero-order valence-corrected chi connectivity index (χ0v) is 17.3. The molecule has 4 heteroatoms. The first-order chi connectivity index (χ1) is 12.7. The summed E-state index contributed by atoms with van der Waals surface area (Å²) in [6, 6.07) is 0. The summed E-state index contributed by atoms with van der Waals surface area (Å²) in [6.45, 7) is 2.63. The number of carbonyl (C=O) groups excluding carboxylic acids is 1. The van der Waals surface area contributed by atoms with Crippen LogP contribution in [0, 0.1) is 0 Å². The number of hydrogen-bond acceptors (Lipinski definition) is 3. The Kier molecular flexibility index (Phi) is 20.2. The van der Waals surface area contributed by atoms with Crippen LogP contribution in [0.4, 0.5) is 0 Å². The van der Waals surface area contributed by atoms with E-state index in [1.807, 2.05) is 0 Å². The van der Waals surface area contributed by atoms with Crippen LogP contribution < -0.4 is 5.32 Å². The van der Waals surface area contributed by atoms with Crippen molar-refractivity contribution in [2.24, 2.45) is 0 Å². The smallest absolute Gasteiger partial charge is 0.220 e. The van der Waals surface area contributed by atoms with E-state index in [-0.39, 0.29) is 18.6 Å². The molecule has 0 aromatic heterocycles. The summed E-state index contributed by atoms with van der Waals surface area (Å²) in [5, 5.41) is 21.3. The van der Waals surface area contributed by atoms with Crippen LogP contribution >= 0.6 is 0 Å². The first-order valence-corrected chi connectivity index (χ1v) is 11.3. The summed E-state index contributed by atoms with van der Waals surface area (Å²) in [7, 11) is 0. The van der Waals surface area contributed by atoms with Gasteiger partial charge in [-0.1, -0.05) is 90.4 Å². The molecule has 3 N–H and O–H groups in total. The maximum atomic E-state index is 11.3. The third kappa shape index (κ3) is 19.7. The normalized spacial score (nSPS) is 12.3. The lowest BCUT2D eigenvalue weighted by Gasteiger charge is -2.10. The van der Waals surface area contributed by atoms with E-state index in [9.17, 15) is 9.90 Å². The predicted molar refractivity (Wildman–Crippen MR) is 110 cm³/mol. The van der Waals surface area contributed by atoms with Gasteiger partial charge in [0.15, 0.2) is 0 Å². The molecule has 0 heterocycles. The lowest BCUT2D eigenvalue weighted by atomic mass is 10.0. The van der Waals surface area contributed by atoms with Crippen LogP contribution in [-0.2, 0) is 4.79 Å². The highest BCUT2D eigenvalue weighted by molar-refractivity contribution is 5.75. The zero-order valence-electron chi connectivity index (χ0n) is 17.3. The molecule has 156 valence electrons. The van der Waals surface area contributed by atoms with Gasteiger partial charge in [-0.05, 0) is 19.3 Å². The predicted octanol–water partition coefficient (Wildman–Crippen LogP) is 5.11. The lowest BCUT2D eigenvalue weighted by molar-refractivity contribution is -0.121. The molecule has 0 bridgehead atoms. The molecule has 0 aromatic carbocycles. The number of nitrogens with one attached hydrogen (secondary N) is 1. The van der Waals surface area contributed by atoms with Crippen LogP contribution in [0.2, 0.25) is 0 Å². The van der Waals surface area contributed by atoms with Gasteiger partial charge in [-0.3, -0.25) is 4.79 Å². The molecular weight excluding hydrogens is 326 g/mol. The molecule has 4 nitrogen and oxygen atoms in total. The number of hydrogen-bond donors (Lipinski definition) is 3. The Morgan fingerprint density at radius 1 is 0.769 bits per heavy atom. The first-order valence-electron chi connectivity index (χ1n) is 11.3. The van der Waals surface area contributed by atoms with Crippen molar-refractivity contribution in [2.45, 2.75) is 122 Å². The summed E-state index contributed by atoms with van der Waals surface area (Å²) >= 11 is 0. The van der Waals surface area contributed by atoms with Crippen molar-refractivity contribution in [3.05, 3.63) is 0 Å². The molecule has 0 fully saturated rings. The maximum absolute atomic E-state index is 11.3. The van der Waals surface area contributed by atoms with Crippen molar-refractivity contribution >= 4 is 5.91 Å². The third-order valence-corrected chi connectivity index (χ3v) is 5.02. The van der Waals surface area contributed by atoms with E-state index in [4.69, 9.17) is 5.11 Å². The minimum atomic E-state index is -0.0850. The lowest BCUT2D eigenvalue weighted by Crippen LogP contribution is -2.25. The highest BCUT2D eigenvalue weighted by Gasteiger charge is 2.04. The van der Waals surface area contributed by atoms with Gasteiger partial charge in [0.2, 0.25) is 5.91 Å². The Morgan fingerprint density at radius 3 is 1.73 bits per heavy atom. The Labute approximate surface area is 162 Å². The third-order valence-electron chi connectivity index (χ3n) is 5.02. The fourth-order valence-corrected chi connectivity index (χ4v) is 3.31. The van der Waals surface area contributed by atoms with Crippen molar-refractivity contribution in [2.75, 3.05) is 13.2 Å². The molecule has 0 rings (SSSR count). The summed E-state index contributed by atoms with van der Waals surface area (Å²) in [6.07, 6.45) is 19.7. The number of carbonyl (C=O) groups is 1. The Bertz CT molecular complexity index is 297. The minimum Gasteiger partial charge on any atom is -0.395 e. The van der Waals surface area contributed by atoms with Crippen LogP contribution in [-0.4, -0.2) is 35.4 Å². The van der Waals surface area contributed by atoms with E-state index in [0.717, 1.165) is 32.1 Å². The van der Waals surface area contributed by atoms with E-state index in [0.29, 0.717) is 13.0 Å². The minimum absolute atomic E-state index is 0.0157. The molecule has 26 heavy (non-hydrogen) atoms. The zero-order chi connectivity index (χ0) is 19.3. The van der Waals surface area contributed by atoms with Gasteiger partial charge < -0.3 is 15.5 Å². The van der Waals surface area contributed by atoms with Crippen LogP contribution in [0.25, 0.3) is 0 Å². The van der Waals surface area contributed by atoms with Crippen molar-refractivity contribution in [3.63, 3.8) is 0 Å². The van der Waals surface area contributed by atoms with E-state index < -0.39 is 0 Å². The molecule has 1 amide bonds. The summed E-state index contributed by atoms with van der Waals surface area (Å²) < 4.78 is 0. The Hall–Kier alpha value is -0.610. The Balaban J connectivity index is 3.19. The average Bonchev–Trinajstić information content (AvgIpc) is 2.64. The highest BCUT2D eigenvalue weighted by Crippen LogP contribution is 2.14. The second-order valence-corrected chi connectivity index (χ2v) is 7.65. The topological polar surface area (TPSA) is 69.6 Å². The van der Waals surface area contributed by atoms with Crippen LogP contribution in [0.1, 0.15) is 116 Å². The van der Waals surface area contributed by atoms with Crippen molar-refractivity contribution in [1.29, 1.82) is 0 Å². The number of unbranched alkanes of at least 4 members (excludes halogenated alkanes) is 12. The van der Waals surface area contributed by atoms with Crippen LogP contribution in [0.5, 0.6) is 0 Å². The van der Waals surface area contributed by atoms with Crippen LogP contribution in [0.15, 0.2) is 0 Å². The molecule has 0 saturated carbocycles. The van der Waals surface area contributed by atoms with E-state index in [1.165, 1.54) is 70.6 Å². The van der Waals surface area contributed by atoms with E-state index >= 15 is 0 Å². The second-order valence-electron chi connectivity index (χ2n) is 7.65. The fourth-order valence-electron chi connectivity index (χ4n) is 3.31. The van der Waals surface area contributed by atoms with Gasteiger partial charge in [0, 0.05) is 13.0 Å². The van der Waals surface area contributed by atoms with Gasteiger partial charge in [-0.15, -0.1) is 0 Å². The van der Waals surface area contributed by atoms with E-state index in [2.05, 4.69) is 12.2 Å². The van der Waals surface area contributed by atoms with Gasteiger partial charge in [-0.25, -0.2) is 0 Å². The number of aliphatic hydroxyl groups excluding tert-OH is 2. The number of rotatable bonds is 20. The molecule has 0 aromatic rings. The average molecular weight is 372 g/mol. The molecule has 0 radical (unpaired) electrons. The second kappa shape index (κ2) is 20.7.